The number of benzene rings is 6. The third-order valence-corrected chi connectivity index (χ3v) is 17.7. The molecule has 8 heterocycles. The van der Waals surface area contributed by atoms with Crippen molar-refractivity contribution in [2.75, 3.05) is 0 Å². The maximum Gasteiger partial charge on any atom is 0.0160 e. The Hall–Kier alpha value is -8.93. The van der Waals surface area contributed by atoms with Gasteiger partial charge >= 0.3 is 0 Å². The summed E-state index contributed by atoms with van der Waals surface area (Å²) in [6.07, 6.45) is 14.6. The Balaban J connectivity index is 0.000000216. The summed E-state index contributed by atoms with van der Waals surface area (Å²) in [7, 11) is 0. The second-order valence-corrected chi connectivity index (χ2v) is 22.9. The molecule has 0 fully saturated rings. The van der Waals surface area contributed by atoms with Crippen molar-refractivity contribution in [3.63, 3.8) is 0 Å². The van der Waals surface area contributed by atoms with Crippen molar-refractivity contribution in [2.45, 2.75) is 55.4 Å². The van der Waals surface area contributed by atoms with Gasteiger partial charge in [-0.3, -0.25) is 0 Å². The van der Waals surface area contributed by atoms with Gasteiger partial charge in [0.1, 0.15) is 0 Å². The molecule has 8 aromatic heterocycles. The van der Waals surface area contributed by atoms with E-state index in [0.29, 0.717) is 0 Å². The van der Waals surface area contributed by atoms with E-state index in [1.165, 1.54) is 66.8 Å². The van der Waals surface area contributed by atoms with Gasteiger partial charge in [0.15, 0.2) is 0 Å². The van der Waals surface area contributed by atoms with Crippen LogP contribution in [0, 0.1) is 79.7 Å². The molecule has 0 aliphatic rings. The minimum atomic E-state index is 0. The molecular weight excluding hydrogens is 1710 g/mol. The maximum absolute atomic E-state index is 4.87. The first-order chi connectivity index (χ1) is 45.0. The Morgan fingerprint density at radius 3 is 0.542 bits per heavy atom. The molecule has 0 saturated heterocycles. The minimum absolute atomic E-state index is 0. The van der Waals surface area contributed by atoms with Crippen LogP contribution >= 0.6 is 0 Å². The van der Waals surface area contributed by atoms with Gasteiger partial charge in [-0.1, -0.05) is 170 Å². The van der Waals surface area contributed by atoms with Crippen LogP contribution in [0.15, 0.2) is 244 Å². The van der Waals surface area contributed by atoms with E-state index in [9.17, 15) is 0 Å². The zero-order chi connectivity index (χ0) is 63.2. The fraction of sp³-hybridized carbons (Fsp3) is 0.0952. The number of nitrogens with zero attached hydrogens (tertiary/aromatic N) is 8. The molecule has 0 spiro atoms. The minimum Gasteiger partial charge on any atom is -0.352 e. The monoisotopic (exact) mass is 1780 g/mol. The third kappa shape index (κ3) is 14.6. The van der Waals surface area contributed by atoms with E-state index in [-0.39, 0.29) is 79.2 Å². The second-order valence-electron chi connectivity index (χ2n) is 22.9. The zero-order valence-electron chi connectivity index (χ0n) is 54.0. The number of rotatable bonds is 12. The summed E-state index contributed by atoms with van der Waals surface area (Å²) in [5, 5.41) is 0. The largest absolute Gasteiger partial charge is 0.352 e. The van der Waals surface area contributed by atoms with Crippen LogP contribution in [0.2, 0.25) is 0 Å². The molecule has 8 nitrogen and oxygen atoms in total. The molecule has 12 heteroatoms. The molecule has 0 unspecified atom stereocenters. The second kappa shape index (κ2) is 32.2. The summed E-state index contributed by atoms with van der Waals surface area (Å²) in [5.74, 6) is 0. The van der Waals surface area contributed by atoms with Crippen LogP contribution in [0.1, 0.15) is 44.5 Å². The van der Waals surface area contributed by atoms with Crippen LogP contribution in [0.5, 0.6) is 0 Å². The number of pyridine rings is 8. The summed E-state index contributed by atoms with van der Waals surface area (Å²) in [6, 6.07) is 79.1. The van der Waals surface area contributed by atoms with Gasteiger partial charge in [0.05, 0.1) is 0 Å². The van der Waals surface area contributed by atoms with Crippen molar-refractivity contribution < 1.29 is 79.2 Å². The normalized spacial score (nSPS) is 10.6. The Bertz CT molecular complexity index is 4280. The molecule has 96 heavy (non-hydrogen) atoms. The molecule has 14 rings (SSSR count). The predicted octanol–water partition coefficient (Wildman–Crippen LogP) is 20.2. The summed E-state index contributed by atoms with van der Waals surface area (Å²) in [5.41, 5.74) is 34.4. The first kappa shape index (κ1) is 71.4. The molecule has 6 aromatic carbocycles. The van der Waals surface area contributed by atoms with Gasteiger partial charge in [0.25, 0.3) is 0 Å². The molecule has 0 N–H and O–H groups in total. The van der Waals surface area contributed by atoms with Crippen molar-refractivity contribution in [3.05, 3.63) is 312 Å². The van der Waals surface area contributed by atoms with Crippen LogP contribution in [0.3, 0.4) is 0 Å². The van der Waals surface area contributed by atoms with Gasteiger partial charge in [-0.05, 0) is 236 Å². The maximum atomic E-state index is 4.87. The first-order valence-corrected chi connectivity index (χ1v) is 30.8. The van der Waals surface area contributed by atoms with E-state index in [4.69, 9.17) is 19.9 Å². The molecule has 0 atom stereocenters. The van der Waals surface area contributed by atoms with Crippen molar-refractivity contribution in [2.24, 2.45) is 0 Å². The van der Waals surface area contributed by atoms with Gasteiger partial charge in [-0.15, -0.1) is 70.8 Å². The topological polar surface area (TPSA) is 103 Å². The average molecular weight is 1780 g/mol. The van der Waals surface area contributed by atoms with E-state index in [2.05, 4.69) is 197 Å². The van der Waals surface area contributed by atoms with Crippen molar-refractivity contribution in [1.82, 2.24) is 39.9 Å². The van der Waals surface area contributed by atoms with Gasteiger partial charge < -0.3 is 39.9 Å². The third-order valence-electron chi connectivity index (χ3n) is 17.7. The summed E-state index contributed by atoms with van der Waals surface area (Å²) >= 11 is 0. The SMILES string of the molecule is Cc1c(C)c(-c2ccccc2-c2c[c-]c(-c3ccccn3)cn2)c(C)c(C)c1-c1ccccc1-c1c[c-]c(-c2ccccn2)cn1.Cc1c(C)c(-c2ccccc2-c2c[c-]c(-c3ccccn3)cn2)c(C)c(C)c1-c1ccccc1-c1c[c-]c(-c2ccccn2)cn1.[Ir].[Ir].[Rh].[Rh]. The van der Waals surface area contributed by atoms with Gasteiger partial charge in [-0.2, -0.15) is 0 Å². The first-order valence-electron chi connectivity index (χ1n) is 30.8. The van der Waals surface area contributed by atoms with E-state index in [1.54, 1.807) is 24.8 Å². The Labute approximate surface area is 616 Å². The van der Waals surface area contributed by atoms with Crippen molar-refractivity contribution in [3.8, 4) is 135 Å². The van der Waals surface area contributed by atoms with Crippen LogP contribution in [0.4, 0.5) is 0 Å². The van der Waals surface area contributed by atoms with Crippen molar-refractivity contribution >= 4 is 0 Å². The molecule has 14 aromatic rings. The van der Waals surface area contributed by atoms with Gasteiger partial charge in [-0.25, -0.2) is 0 Å². The molecule has 0 aliphatic carbocycles. The molecule has 480 valence electrons. The smallest absolute Gasteiger partial charge is 0.0160 e. The fourth-order valence-corrected chi connectivity index (χ4v) is 12.6. The fourth-order valence-electron chi connectivity index (χ4n) is 12.6. The molecule has 0 saturated carbocycles. The Morgan fingerprint density at radius 2 is 0.385 bits per heavy atom. The molecule has 0 bridgehead atoms. The average Bonchev–Trinajstić information content (AvgIpc) is 0.759. The van der Waals surface area contributed by atoms with Crippen LogP contribution in [0.25, 0.3) is 135 Å². The number of aromatic nitrogens is 8. The summed E-state index contributed by atoms with van der Waals surface area (Å²) in [6.45, 7) is 17.9. The van der Waals surface area contributed by atoms with Crippen molar-refractivity contribution in [1.29, 1.82) is 0 Å². The number of hydrogen-bond acceptors (Lipinski definition) is 8. The summed E-state index contributed by atoms with van der Waals surface area (Å²) in [4.78, 5) is 37.3. The quantitative estimate of drug-likeness (QED) is 0.0880. The van der Waals surface area contributed by atoms with E-state index >= 15 is 0 Å². The standard InChI is InChI=1S/2C42H32N4.2Ir.2Rh/c2*1-27-28(2)42(36-16-8-6-14-34(36)40-22-20-32(26-46-40)38-18-10-12-24-44-38)30(4)29(3)41(27)35-15-7-5-13-33(35)39-21-19-31(25-45-39)37-17-9-11-23-43-37;;;;/h2*5-18,21-26H,1-4H3;;;;/q2*-2;;;;. The Kier molecular flexibility index (Phi) is 23.9. The van der Waals surface area contributed by atoms with Crippen LogP contribution in [-0.2, 0) is 79.2 Å². The predicted molar refractivity (Wildman–Crippen MR) is 374 cm³/mol. The van der Waals surface area contributed by atoms with Gasteiger partial charge in [0, 0.05) is 104 Å². The molecule has 0 amide bonds. The van der Waals surface area contributed by atoms with E-state index in [1.807, 2.05) is 122 Å². The molecule has 4 radical (unpaired) electrons. The van der Waals surface area contributed by atoms with Gasteiger partial charge in [0.2, 0.25) is 0 Å². The van der Waals surface area contributed by atoms with Crippen LogP contribution < -0.4 is 0 Å². The summed E-state index contributed by atoms with van der Waals surface area (Å²) < 4.78 is 0. The Morgan fingerprint density at radius 1 is 0.208 bits per heavy atom. The number of hydrogen-bond donors (Lipinski definition) is 0. The molecule has 0 aliphatic heterocycles. The van der Waals surface area contributed by atoms with E-state index < -0.39 is 0 Å². The van der Waals surface area contributed by atoms with Crippen LogP contribution in [-0.4, -0.2) is 39.9 Å². The van der Waals surface area contributed by atoms with E-state index in [0.717, 1.165) is 112 Å². The zero-order valence-corrected chi connectivity index (χ0v) is 62.1. The molecular formula is C84H64Ir2N8Rh2-4.